The van der Waals surface area contributed by atoms with Crippen molar-refractivity contribution in [1.29, 1.82) is 0 Å². The number of aliphatic hydroxyl groups is 2. The van der Waals surface area contributed by atoms with E-state index < -0.39 is 51.8 Å². The number of carbonyl (C=O) groups is 2. The van der Waals surface area contributed by atoms with Crippen LogP contribution in [-0.2, 0) is 32.7 Å². The van der Waals surface area contributed by atoms with Crippen molar-refractivity contribution in [3.05, 3.63) is 48.6 Å². The summed E-state index contributed by atoms with van der Waals surface area (Å²) in [4.78, 5) is 34.9. The van der Waals surface area contributed by atoms with E-state index in [0.29, 0.717) is 12.8 Å². The molecule has 0 aromatic heterocycles. The zero-order valence-corrected chi connectivity index (χ0v) is 34.1. The number of carbonyl (C=O) groups excluding carboxylic acids is 2. The van der Waals surface area contributed by atoms with Crippen LogP contribution in [-0.4, -0.2) is 65.7 Å². The molecule has 1 unspecified atom stereocenters. The van der Waals surface area contributed by atoms with E-state index in [9.17, 15) is 24.2 Å². The highest BCUT2D eigenvalue weighted by atomic mass is 31.2. The van der Waals surface area contributed by atoms with Crippen LogP contribution in [0.3, 0.4) is 0 Å². The highest BCUT2D eigenvalue weighted by Crippen LogP contribution is 2.43. The van der Waals surface area contributed by atoms with Crippen LogP contribution in [0.5, 0.6) is 0 Å². The minimum absolute atomic E-state index is 0.147. The Labute approximate surface area is 322 Å². The summed E-state index contributed by atoms with van der Waals surface area (Å²) in [6.07, 6.45) is 39.3. The number of allylic oxidation sites excluding steroid dienone is 8. The quantitative estimate of drug-likeness (QED) is 0.0240. The summed E-state index contributed by atoms with van der Waals surface area (Å²) in [6, 6.07) is 0. The Kier molecular flexibility index (Phi) is 36.7. The molecule has 0 radical (unpaired) electrons. The number of phosphoric ester groups is 1. The lowest BCUT2D eigenvalue weighted by Crippen LogP contribution is -2.29. The first-order valence-corrected chi connectivity index (χ1v) is 22.1. The van der Waals surface area contributed by atoms with Crippen molar-refractivity contribution in [3.8, 4) is 0 Å². The number of ether oxygens (including phenoxy) is 2. The minimum atomic E-state index is -4.62. The lowest BCUT2D eigenvalue weighted by molar-refractivity contribution is -0.161. The second-order valence-electron chi connectivity index (χ2n) is 13.7. The van der Waals surface area contributed by atoms with Crippen molar-refractivity contribution in [1.82, 2.24) is 0 Å². The van der Waals surface area contributed by atoms with Gasteiger partial charge < -0.3 is 24.6 Å². The maximum atomic E-state index is 12.6. The Balaban J connectivity index is 4.39. The second kappa shape index (κ2) is 38.2. The number of phosphoric acid groups is 1. The largest absolute Gasteiger partial charge is 0.472 e. The third kappa shape index (κ3) is 38.0. The summed E-state index contributed by atoms with van der Waals surface area (Å²) >= 11 is 0. The van der Waals surface area contributed by atoms with Crippen LogP contribution >= 0.6 is 7.82 Å². The molecule has 0 aromatic carbocycles. The van der Waals surface area contributed by atoms with E-state index in [0.717, 1.165) is 64.2 Å². The van der Waals surface area contributed by atoms with Crippen molar-refractivity contribution >= 4 is 19.8 Å². The number of unbranched alkanes of at least 4 members (excludes halogenated alkanes) is 16. The first-order valence-electron chi connectivity index (χ1n) is 20.6. The molecule has 0 spiro atoms. The van der Waals surface area contributed by atoms with Crippen LogP contribution < -0.4 is 0 Å². The van der Waals surface area contributed by atoms with E-state index in [-0.39, 0.29) is 19.4 Å². The van der Waals surface area contributed by atoms with Crippen molar-refractivity contribution in [3.63, 3.8) is 0 Å². The Morgan fingerprint density at radius 1 is 0.566 bits per heavy atom. The molecule has 10 nitrogen and oxygen atoms in total. The van der Waals surface area contributed by atoms with Gasteiger partial charge in [0.15, 0.2) is 6.10 Å². The van der Waals surface area contributed by atoms with Gasteiger partial charge in [0.1, 0.15) is 12.7 Å². The summed E-state index contributed by atoms with van der Waals surface area (Å²) in [5, 5.41) is 18.3. The van der Waals surface area contributed by atoms with Gasteiger partial charge in [-0.25, -0.2) is 4.57 Å². The van der Waals surface area contributed by atoms with E-state index >= 15 is 0 Å². The monoisotopic (exact) mass is 771 g/mol. The molecule has 0 saturated carbocycles. The van der Waals surface area contributed by atoms with Crippen molar-refractivity contribution in [2.45, 2.75) is 180 Å². The first kappa shape index (κ1) is 50.9. The molecule has 3 atom stereocenters. The predicted octanol–water partition coefficient (Wildman–Crippen LogP) is 10.6. The highest BCUT2D eigenvalue weighted by Gasteiger charge is 2.27. The molecule has 0 aliphatic carbocycles. The van der Waals surface area contributed by atoms with Crippen LogP contribution in [0.25, 0.3) is 0 Å². The third-order valence-corrected chi connectivity index (χ3v) is 9.42. The molecule has 11 heteroatoms. The molecule has 0 fully saturated rings. The summed E-state index contributed by atoms with van der Waals surface area (Å²) in [5.74, 6) is -0.961. The van der Waals surface area contributed by atoms with Gasteiger partial charge in [-0.1, -0.05) is 152 Å². The standard InChI is InChI=1S/C42H75O10P/c1-3-5-7-9-11-13-15-17-18-19-20-22-24-26-28-30-32-34-42(46)52-40(38-51-53(47,48)50-36-39(44)35-43)37-49-41(45)33-31-29-27-25-23-21-16-14-12-10-8-6-4-2/h7,9,13,15,18-19,22,24,39-40,43-44H,3-6,8,10-12,14,16-17,20-21,23,25-38H2,1-2H3,(H,47,48)/b9-7+,15-13+,19-18+,24-22+/t39-,40+/m0/s1. The third-order valence-electron chi connectivity index (χ3n) is 8.47. The van der Waals surface area contributed by atoms with Gasteiger partial charge in [-0.2, -0.15) is 0 Å². The molecule has 0 saturated heterocycles. The molecular formula is C42H75O10P. The van der Waals surface area contributed by atoms with Gasteiger partial charge in [0.25, 0.3) is 0 Å². The van der Waals surface area contributed by atoms with E-state index in [2.05, 4.69) is 67.0 Å². The highest BCUT2D eigenvalue weighted by molar-refractivity contribution is 7.47. The van der Waals surface area contributed by atoms with Crippen molar-refractivity contribution < 1.29 is 47.8 Å². The fourth-order valence-corrected chi connectivity index (χ4v) is 6.07. The number of rotatable bonds is 38. The zero-order valence-electron chi connectivity index (χ0n) is 33.2. The van der Waals surface area contributed by atoms with Crippen LogP contribution in [0.1, 0.15) is 168 Å². The number of esters is 2. The van der Waals surface area contributed by atoms with E-state index in [1.54, 1.807) is 0 Å². The average Bonchev–Trinajstić information content (AvgIpc) is 3.14. The summed E-state index contributed by atoms with van der Waals surface area (Å²) < 4.78 is 32.6. The number of hydrogen-bond acceptors (Lipinski definition) is 9. The fourth-order valence-electron chi connectivity index (χ4n) is 5.28. The molecule has 0 aliphatic heterocycles. The van der Waals surface area contributed by atoms with E-state index in [1.807, 2.05) is 0 Å². The van der Waals surface area contributed by atoms with Crippen LogP contribution in [0, 0.1) is 0 Å². The van der Waals surface area contributed by atoms with Crippen molar-refractivity contribution in [2.24, 2.45) is 0 Å². The fraction of sp³-hybridized carbons (Fsp3) is 0.762. The van der Waals surface area contributed by atoms with Crippen LogP contribution in [0.15, 0.2) is 48.6 Å². The molecule has 0 aromatic rings. The number of hydrogen-bond donors (Lipinski definition) is 3. The normalized spacial score (nSPS) is 14.4. The van der Waals surface area contributed by atoms with Crippen LogP contribution in [0.2, 0.25) is 0 Å². The lowest BCUT2D eigenvalue weighted by atomic mass is 10.0. The number of aliphatic hydroxyl groups excluding tert-OH is 2. The van der Waals surface area contributed by atoms with E-state index in [4.69, 9.17) is 19.1 Å². The predicted molar refractivity (Wildman–Crippen MR) is 214 cm³/mol. The molecular weight excluding hydrogens is 695 g/mol. The molecule has 0 amide bonds. The van der Waals surface area contributed by atoms with Gasteiger partial charge in [0.05, 0.1) is 19.8 Å². The van der Waals surface area contributed by atoms with Gasteiger partial charge >= 0.3 is 19.8 Å². The average molecular weight is 771 g/mol. The molecule has 53 heavy (non-hydrogen) atoms. The zero-order chi connectivity index (χ0) is 39.1. The first-order chi connectivity index (χ1) is 25.7. The topological polar surface area (TPSA) is 149 Å². The molecule has 0 bridgehead atoms. The van der Waals surface area contributed by atoms with Gasteiger partial charge in [-0.05, 0) is 51.4 Å². The molecule has 308 valence electrons. The Bertz CT molecular complexity index is 1030. The molecule has 0 aliphatic rings. The summed E-state index contributed by atoms with van der Waals surface area (Å²) in [7, 11) is -4.62. The Morgan fingerprint density at radius 3 is 1.55 bits per heavy atom. The van der Waals surface area contributed by atoms with Crippen LogP contribution in [0.4, 0.5) is 0 Å². The summed E-state index contributed by atoms with van der Waals surface area (Å²) in [6.45, 7) is 2.26. The second-order valence-corrected chi connectivity index (χ2v) is 15.1. The van der Waals surface area contributed by atoms with Gasteiger partial charge in [-0.15, -0.1) is 0 Å². The minimum Gasteiger partial charge on any atom is -0.462 e. The van der Waals surface area contributed by atoms with Gasteiger partial charge in [0.2, 0.25) is 0 Å². The van der Waals surface area contributed by atoms with Gasteiger partial charge in [0, 0.05) is 12.8 Å². The smallest absolute Gasteiger partial charge is 0.462 e. The maximum Gasteiger partial charge on any atom is 0.472 e. The Hall–Kier alpha value is -2.07. The molecule has 0 heterocycles. The maximum absolute atomic E-state index is 12.6. The lowest BCUT2D eigenvalue weighted by Gasteiger charge is -2.20. The summed E-state index contributed by atoms with van der Waals surface area (Å²) in [5.41, 5.74) is 0. The van der Waals surface area contributed by atoms with Gasteiger partial charge in [-0.3, -0.25) is 18.6 Å². The molecule has 3 N–H and O–H groups in total. The molecule has 0 rings (SSSR count). The SMILES string of the molecule is CCC/C=C/C/C=C/C/C=C/C/C=C/CCCCCC(=O)O[C@H](COC(=O)CCCCCCCCCCCCCCC)COP(=O)(O)OC[C@@H](O)CO. The Morgan fingerprint density at radius 2 is 1.02 bits per heavy atom. The van der Waals surface area contributed by atoms with E-state index in [1.165, 1.54) is 64.2 Å². The van der Waals surface area contributed by atoms with Crippen molar-refractivity contribution in [2.75, 3.05) is 26.4 Å².